The summed E-state index contributed by atoms with van der Waals surface area (Å²) in [6, 6.07) is 0. The molecular weight excluding hydrogens is 216 g/mol. The van der Waals surface area contributed by atoms with Gasteiger partial charge in [0.05, 0.1) is 6.10 Å². The smallest absolute Gasteiger partial charge is 0.137 e. The fourth-order valence-corrected chi connectivity index (χ4v) is 2.33. The summed E-state index contributed by atoms with van der Waals surface area (Å²) in [5, 5.41) is 9.28. The van der Waals surface area contributed by atoms with Crippen LogP contribution in [-0.2, 0) is 0 Å². The molecular formula is C12H20N4O. The minimum atomic E-state index is -0.105. The Morgan fingerprint density at radius 3 is 2.59 bits per heavy atom. The average molecular weight is 236 g/mol. The van der Waals surface area contributed by atoms with Gasteiger partial charge in [-0.2, -0.15) is 0 Å². The van der Waals surface area contributed by atoms with E-state index in [0.29, 0.717) is 17.6 Å². The van der Waals surface area contributed by atoms with Gasteiger partial charge in [-0.15, -0.1) is 0 Å². The van der Waals surface area contributed by atoms with Crippen LogP contribution in [0.5, 0.6) is 0 Å². The summed E-state index contributed by atoms with van der Waals surface area (Å²) in [5.41, 5.74) is 6.77. The Morgan fingerprint density at radius 2 is 2.00 bits per heavy atom. The Morgan fingerprint density at radius 1 is 1.35 bits per heavy atom. The van der Waals surface area contributed by atoms with Crippen LogP contribution in [0.3, 0.4) is 0 Å². The third-order valence-electron chi connectivity index (χ3n) is 3.37. The van der Waals surface area contributed by atoms with E-state index in [0.717, 1.165) is 30.8 Å². The van der Waals surface area contributed by atoms with Crippen LogP contribution in [0.1, 0.15) is 24.2 Å². The lowest BCUT2D eigenvalue weighted by Gasteiger charge is -2.35. The first-order valence-corrected chi connectivity index (χ1v) is 5.97. The van der Waals surface area contributed by atoms with E-state index in [2.05, 4.69) is 14.9 Å². The van der Waals surface area contributed by atoms with Crippen LogP contribution in [-0.4, -0.2) is 34.8 Å². The van der Waals surface area contributed by atoms with Crippen molar-refractivity contribution in [3.63, 3.8) is 0 Å². The molecule has 17 heavy (non-hydrogen) atoms. The van der Waals surface area contributed by atoms with Crippen molar-refractivity contribution in [1.82, 2.24) is 9.97 Å². The molecule has 0 spiro atoms. The molecule has 0 amide bonds. The Labute approximate surface area is 102 Å². The Bertz CT molecular complexity index is 415. The molecule has 0 saturated heterocycles. The third kappa shape index (κ3) is 2.49. The molecule has 1 aliphatic rings. The van der Waals surface area contributed by atoms with Crippen molar-refractivity contribution in [1.29, 1.82) is 0 Å². The summed E-state index contributed by atoms with van der Waals surface area (Å²) in [4.78, 5) is 10.7. The number of aliphatic hydroxyl groups is 1. The van der Waals surface area contributed by atoms with Crippen LogP contribution < -0.4 is 10.6 Å². The van der Waals surface area contributed by atoms with Crippen LogP contribution >= 0.6 is 0 Å². The molecule has 94 valence electrons. The SMILES string of the molecule is Cc1nc(N)c(C)c(N(C)CC2CC(O)C2)n1. The molecule has 5 nitrogen and oxygen atoms in total. The fraction of sp³-hybridized carbons (Fsp3) is 0.667. The number of hydrogen-bond donors (Lipinski definition) is 2. The van der Waals surface area contributed by atoms with Crippen molar-refractivity contribution < 1.29 is 5.11 Å². The number of nitrogens with two attached hydrogens (primary N) is 1. The lowest BCUT2D eigenvalue weighted by atomic mass is 9.82. The molecule has 1 aliphatic carbocycles. The molecule has 0 atom stereocenters. The van der Waals surface area contributed by atoms with Gasteiger partial charge in [-0.25, -0.2) is 9.97 Å². The highest BCUT2D eigenvalue weighted by atomic mass is 16.3. The predicted molar refractivity (Wildman–Crippen MR) is 67.9 cm³/mol. The Hall–Kier alpha value is -1.36. The van der Waals surface area contributed by atoms with E-state index in [1.165, 1.54) is 0 Å². The van der Waals surface area contributed by atoms with Gasteiger partial charge < -0.3 is 15.7 Å². The van der Waals surface area contributed by atoms with Gasteiger partial charge in [-0.3, -0.25) is 0 Å². The average Bonchev–Trinajstić information content (AvgIpc) is 2.21. The monoisotopic (exact) mass is 236 g/mol. The van der Waals surface area contributed by atoms with Gasteiger partial charge >= 0.3 is 0 Å². The molecule has 1 heterocycles. The van der Waals surface area contributed by atoms with Crippen molar-refractivity contribution in [2.24, 2.45) is 5.92 Å². The fourth-order valence-electron chi connectivity index (χ4n) is 2.33. The second-order valence-corrected chi connectivity index (χ2v) is 4.98. The lowest BCUT2D eigenvalue weighted by molar-refractivity contribution is 0.0464. The van der Waals surface area contributed by atoms with E-state index in [1.54, 1.807) is 0 Å². The minimum absolute atomic E-state index is 0.105. The highest BCUT2D eigenvalue weighted by Gasteiger charge is 2.28. The number of hydrogen-bond acceptors (Lipinski definition) is 5. The maximum absolute atomic E-state index is 9.28. The van der Waals surface area contributed by atoms with Gasteiger partial charge in [0.15, 0.2) is 0 Å². The topological polar surface area (TPSA) is 75.3 Å². The zero-order chi connectivity index (χ0) is 12.6. The van der Waals surface area contributed by atoms with Gasteiger partial charge in [0, 0.05) is 19.2 Å². The van der Waals surface area contributed by atoms with E-state index < -0.39 is 0 Å². The zero-order valence-electron chi connectivity index (χ0n) is 10.6. The van der Waals surface area contributed by atoms with E-state index in [9.17, 15) is 5.11 Å². The predicted octanol–water partition coefficient (Wildman–Crippen LogP) is 0.883. The van der Waals surface area contributed by atoms with Gasteiger partial charge in [0.2, 0.25) is 0 Å². The molecule has 3 N–H and O–H groups in total. The molecule has 0 aromatic carbocycles. The van der Waals surface area contributed by atoms with Gasteiger partial charge in [-0.1, -0.05) is 0 Å². The Kier molecular flexibility index (Phi) is 3.19. The van der Waals surface area contributed by atoms with Crippen LogP contribution in [0.15, 0.2) is 0 Å². The van der Waals surface area contributed by atoms with Crippen LogP contribution in [0, 0.1) is 19.8 Å². The number of anilines is 2. The van der Waals surface area contributed by atoms with Crippen LogP contribution in [0.4, 0.5) is 11.6 Å². The van der Waals surface area contributed by atoms with Crippen molar-refractivity contribution in [2.75, 3.05) is 24.2 Å². The summed E-state index contributed by atoms with van der Waals surface area (Å²) in [6.45, 7) is 4.70. The maximum Gasteiger partial charge on any atom is 0.137 e. The highest BCUT2D eigenvalue weighted by molar-refractivity contribution is 5.56. The second-order valence-electron chi connectivity index (χ2n) is 4.98. The van der Waals surface area contributed by atoms with E-state index >= 15 is 0 Å². The molecule has 1 saturated carbocycles. The highest BCUT2D eigenvalue weighted by Crippen LogP contribution is 2.29. The second kappa shape index (κ2) is 4.49. The van der Waals surface area contributed by atoms with Gasteiger partial charge in [0.1, 0.15) is 17.5 Å². The number of aromatic nitrogens is 2. The normalized spacial score (nSPS) is 23.3. The summed E-state index contributed by atoms with van der Waals surface area (Å²) < 4.78 is 0. The number of aryl methyl sites for hydroxylation is 1. The largest absolute Gasteiger partial charge is 0.393 e. The van der Waals surface area contributed by atoms with Gasteiger partial charge in [0.25, 0.3) is 0 Å². The molecule has 0 bridgehead atoms. The van der Waals surface area contributed by atoms with Crippen LogP contribution in [0.25, 0.3) is 0 Å². The maximum atomic E-state index is 9.28. The van der Waals surface area contributed by atoms with Crippen molar-refractivity contribution in [3.8, 4) is 0 Å². The zero-order valence-corrected chi connectivity index (χ0v) is 10.6. The lowest BCUT2D eigenvalue weighted by Crippen LogP contribution is -2.37. The third-order valence-corrected chi connectivity index (χ3v) is 3.37. The molecule has 2 rings (SSSR count). The number of nitrogen functional groups attached to an aromatic ring is 1. The summed E-state index contributed by atoms with van der Waals surface area (Å²) in [6.07, 6.45) is 1.68. The molecule has 1 aromatic rings. The Balaban J connectivity index is 2.10. The number of rotatable bonds is 3. The first kappa shape index (κ1) is 12.1. The molecule has 0 aliphatic heterocycles. The minimum Gasteiger partial charge on any atom is -0.393 e. The van der Waals surface area contributed by atoms with E-state index in [1.807, 2.05) is 20.9 Å². The van der Waals surface area contributed by atoms with Crippen molar-refractivity contribution >= 4 is 11.6 Å². The molecule has 5 heteroatoms. The van der Waals surface area contributed by atoms with E-state index in [4.69, 9.17) is 5.73 Å². The standard InChI is InChI=1S/C12H20N4O/c1-7-11(13)14-8(2)15-12(7)16(3)6-9-4-10(17)5-9/h9-10,17H,4-6H2,1-3H3,(H2,13,14,15). The first-order valence-electron chi connectivity index (χ1n) is 5.97. The summed E-state index contributed by atoms with van der Waals surface area (Å²) >= 11 is 0. The quantitative estimate of drug-likeness (QED) is 0.815. The molecule has 1 fully saturated rings. The van der Waals surface area contributed by atoms with E-state index in [-0.39, 0.29) is 6.10 Å². The molecule has 0 unspecified atom stereocenters. The van der Waals surface area contributed by atoms with Crippen molar-refractivity contribution in [3.05, 3.63) is 11.4 Å². The van der Waals surface area contributed by atoms with Crippen molar-refractivity contribution in [2.45, 2.75) is 32.8 Å². The molecule has 1 aromatic heterocycles. The van der Waals surface area contributed by atoms with Crippen LogP contribution in [0.2, 0.25) is 0 Å². The summed E-state index contributed by atoms with van der Waals surface area (Å²) in [7, 11) is 2.01. The summed E-state index contributed by atoms with van der Waals surface area (Å²) in [5.74, 6) is 2.71. The molecule has 0 radical (unpaired) electrons. The first-order chi connectivity index (χ1) is 7.97. The number of nitrogens with zero attached hydrogens (tertiary/aromatic N) is 3. The number of aliphatic hydroxyl groups excluding tert-OH is 1. The van der Waals surface area contributed by atoms with Gasteiger partial charge in [-0.05, 0) is 32.6 Å².